The van der Waals surface area contributed by atoms with E-state index in [0.717, 1.165) is 11.1 Å². The quantitative estimate of drug-likeness (QED) is 0.657. The van der Waals surface area contributed by atoms with Crippen molar-refractivity contribution >= 4 is 0 Å². The molecule has 0 aromatic heterocycles. The van der Waals surface area contributed by atoms with Crippen LogP contribution in [0, 0.1) is 6.92 Å². The van der Waals surface area contributed by atoms with E-state index < -0.39 is 5.67 Å². The molecule has 0 aliphatic carbocycles. The topological polar surface area (TPSA) is 0 Å². The van der Waals surface area contributed by atoms with Gasteiger partial charge >= 0.3 is 0 Å². The summed E-state index contributed by atoms with van der Waals surface area (Å²) < 4.78 is 13.7. The Kier molecular flexibility index (Phi) is 2.98. The SMILES string of the molecule is Cc1cc(C(C)C)cc(C(C)(C)F)c1. The number of aryl methyl sites for hydroxylation is 1. The smallest absolute Gasteiger partial charge is 0.130 e. The van der Waals surface area contributed by atoms with E-state index in [-0.39, 0.29) is 0 Å². The summed E-state index contributed by atoms with van der Waals surface area (Å²) in [5.74, 6) is 0.455. The van der Waals surface area contributed by atoms with Crippen molar-refractivity contribution in [2.24, 2.45) is 0 Å². The zero-order chi connectivity index (χ0) is 10.9. The third-order valence-corrected chi connectivity index (χ3v) is 2.45. The van der Waals surface area contributed by atoms with E-state index >= 15 is 0 Å². The molecule has 0 heterocycles. The first-order valence-corrected chi connectivity index (χ1v) is 5.11. The lowest BCUT2D eigenvalue weighted by Crippen LogP contribution is -2.10. The molecule has 0 aliphatic rings. The van der Waals surface area contributed by atoms with Crippen molar-refractivity contribution in [3.05, 3.63) is 34.9 Å². The van der Waals surface area contributed by atoms with Crippen LogP contribution in [-0.4, -0.2) is 0 Å². The highest BCUT2D eigenvalue weighted by molar-refractivity contribution is 5.34. The molecule has 0 saturated carbocycles. The van der Waals surface area contributed by atoms with Crippen molar-refractivity contribution in [2.45, 2.75) is 46.2 Å². The van der Waals surface area contributed by atoms with Crippen molar-refractivity contribution in [3.8, 4) is 0 Å². The molecule has 1 aromatic carbocycles. The van der Waals surface area contributed by atoms with Gasteiger partial charge in [0.05, 0.1) is 0 Å². The summed E-state index contributed by atoms with van der Waals surface area (Å²) in [6.07, 6.45) is 0. The number of rotatable bonds is 2. The molecule has 0 radical (unpaired) electrons. The molecule has 0 nitrogen and oxygen atoms in total. The number of benzene rings is 1. The molecule has 0 amide bonds. The summed E-state index contributed by atoms with van der Waals surface area (Å²) in [4.78, 5) is 0. The van der Waals surface area contributed by atoms with Crippen LogP contribution < -0.4 is 0 Å². The molecule has 0 aliphatic heterocycles. The molecular formula is C13H19F. The molecule has 1 heteroatoms. The summed E-state index contributed by atoms with van der Waals surface area (Å²) in [5, 5.41) is 0. The second-order valence-corrected chi connectivity index (χ2v) is 4.76. The molecule has 0 N–H and O–H groups in total. The zero-order valence-electron chi connectivity index (χ0n) is 9.69. The van der Waals surface area contributed by atoms with Gasteiger partial charge in [-0.1, -0.05) is 37.6 Å². The Hall–Kier alpha value is -0.850. The lowest BCUT2D eigenvalue weighted by Gasteiger charge is -2.18. The van der Waals surface area contributed by atoms with Crippen LogP contribution in [-0.2, 0) is 5.67 Å². The molecule has 1 aromatic rings. The normalized spacial score (nSPS) is 12.2. The summed E-state index contributed by atoms with van der Waals surface area (Å²) in [6, 6.07) is 6.02. The first-order valence-electron chi connectivity index (χ1n) is 5.11. The molecule has 0 unspecified atom stereocenters. The fraction of sp³-hybridized carbons (Fsp3) is 0.538. The highest BCUT2D eigenvalue weighted by Crippen LogP contribution is 2.28. The van der Waals surface area contributed by atoms with Gasteiger partial charge < -0.3 is 0 Å². The Balaban J connectivity index is 3.21. The molecule has 1 rings (SSSR count). The van der Waals surface area contributed by atoms with Crippen molar-refractivity contribution in [1.29, 1.82) is 0 Å². The van der Waals surface area contributed by atoms with Gasteiger partial charge in [-0.25, -0.2) is 4.39 Å². The minimum Gasteiger partial charge on any atom is -0.239 e. The maximum absolute atomic E-state index is 13.7. The highest BCUT2D eigenvalue weighted by atomic mass is 19.1. The minimum atomic E-state index is -1.24. The Morgan fingerprint density at radius 3 is 2.14 bits per heavy atom. The number of hydrogen-bond donors (Lipinski definition) is 0. The van der Waals surface area contributed by atoms with Crippen molar-refractivity contribution in [1.82, 2.24) is 0 Å². The molecule has 0 atom stereocenters. The largest absolute Gasteiger partial charge is 0.239 e. The number of alkyl halides is 1. The third kappa shape index (κ3) is 2.57. The van der Waals surface area contributed by atoms with Crippen LogP contribution in [0.1, 0.15) is 50.3 Å². The van der Waals surface area contributed by atoms with E-state index in [4.69, 9.17) is 0 Å². The van der Waals surface area contributed by atoms with E-state index in [9.17, 15) is 4.39 Å². The molecule has 0 spiro atoms. The molecule has 0 fully saturated rings. The Bertz CT molecular complexity index is 318. The fourth-order valence-corrected chi connectivity index (χ4v) is 1.49. The Morgan fingerprint density at radius 2 is 1.71 bits per heavy atom. The molecule has 78 valence electrons. The third-order valence-electron chi connectivity index (χ3n) is 2.45. The highest BCUT2D eigenvalue weighted by Gasteiger charge is 2.19. The predicted octanol–water partition coefficient (Wildman–Crippen LogP) is 4.32. The lowest BCUT2D eigenvalue weighted by molar-refractivity contribution is 0.221. The van der Waals surface area contributed by atoms with Crippen LogP contribution in [0.5, 0.6) is 0 Å². The average molecular weight is 194 g/mol. The maximum Gasteiger partial charge on any atom is 0.130 e. The first kappa shape index (κ1) is 11.2. The van der Waals surface area contributed by atoms with Gasteiger partial charge in [-0.3, -0.25) is 0 Å². The van der Waals surface area contributed by atoms with Crippen LogP contribution in [0.4, 0.5) is 4.39 Å². The van der Waals surface area contributed by atoms with Crippen LogP contribution in [0.2, 0.25) is 0 Å². The summed E-state index contributed by atoms with van der Waals surface area (Å²) in [6.45, 7) is 9.48. The van der Waals surface area contributed by atoms with Gasteiger partial charge in [-0.2, -0.15) is 0 Å². The summed E-state index contributed by atoms with van der Waals surface area (Å²) in [7, 11) is 0. The number of hydrogen-bond acceptors (Lipinski definition) is 0. The van der Waals surface area contributed by atoms with Crippen molar-refractivity contribution < 1.29 is 4.39 Å². The van der Waals surface area contributed by atoms with E-state index in [1.807, 2.05) is 19.1 Å². The summed E-state index contributed by atoms with van der Waals surface area (Å²) in [5.41, 5.74) is 1.89. The van der Waals surface area contributed by atoms with Crippen LogP contribution >= 0.6 is 0 Å². The zero-order valence-corrected chi connectivity index (χ0v) is 9.69. The van der Waals surface area contributed by atoms with Gasteiger partial charge in [0.1, 0.15) is 5.67 Å². The molecule has 14 heavy (non-hydrogen) atoms. The van der Waals surface area contributed by atoms with Gasteiger partial charge in [0.15, 0.2) is 0 Å². The Morgan fingerprint density at radius 1 is 1.14 bits per heavy atom. The molecular weight excluding hydrogens is 175 g/mol. The van der Waals surface area contributed by atoms with Crippen LogP contribution in [0.3, 0.4) is 0 Å². The minimum absolute atomic E-state index is 0.455. The first-order chi connectivity index (χ1) is 6.30. The summed E-state index contributed by atoms with van der Waals surface area (Å²) >= 11 is 0. The second-order valence-electron chi connectivity index (χ2n) is 4.76. The van der Waals surface area contributed by atoms with Gasteiger partial charge in [0, 0.05) is 0 Å². The van der Waals surface area contributed by atoms with E-state index in [2.05, 4.69) is 19.9 Å². The fourth-order valence-electron chi connectivity index (χ4n) is 1.49. The maximum atomic E-state index is 13.7. The monoisotopic (exact) mass is 194 g/mol. The standard InChI is InChI=1S/C13H19F/c1-9(2)11-6-10(3)7-12(8-11)13(4,5)14/h6-9H,1-5H3. The van der Waals surface area contributed by atoms with E-state index in [0.29, 0.717) is 5.92 Å². The van der Waals surface area contributed by atoms with E-state index in [1.165, 1.54) is 5.56 Å². The average Bonchev–Trinajstić information content (AvgIpc) is 2.01. The van der Waals surface area contributed by atoms with Gasteiger partial charge in [-0.05, 0) is 37.8 Å². The van der Waals surface area contributed by atoms with Crippen molar-refractivity contribution in [2.75, 3.05) is 0 Å². The van der Waals surface area contributed by atoms with Crippen LogP contribution in [0.15, 0.2) is 18.2 Å². The molecule has 0 bridgehead atoms. The number of halogens is 1. The lowest BCUT2D eigenvalue weighted by atomic mass is 9.92. The van der Waals surface area contributed by atoms with Crippen molar-refractivity contribution in [3.63, 3.8) is 0 Å². The van der Waals surface area contributed by atoms with Crippen LogP contribution in [0.25, 0.3) is 0 Å². The van der Waals surface area contributed by atoms with Gasteiger partial charge in [0.2, 0.25) is 0 Å². The molecule has 0 saturated heterocycles. The second kappa shape index (κ2) is 3.72. The van der Waals surface area contributed by atoms with Gasteiger partial charge in [-0.15, -0.1) is 0 Å². The Labute approximate surface area is 86.2 Å². The van der Waals surface area contributed by atoms with E-state index in [1.54, 1.807) is 13.8 Å². The van der Waals surface area contributed by atoms with Gasteiger partial charge in [0.25, 0.3) is 0 Å². The predicted molar refractivity (Wildman–Crippen MR) is 59.4 cm³/mol.